The van der Waals surface area contributed by atoms with Crippen molar-refractivity contribution in [2.24, 2.45) is 13.0 Å². The Kier molecular flexibility index (Phi) is 10.2. The second-order valence-corrected chi connectivity index (χ2v) is 17.1. The third kappa shape index (κ3) is 8.08. The van der Waals surface area contributed by atoms with Crippen LogP contribution in [-0.2, 0) is 29.7 Å². The minimum Gasteiger partial charge on any atom is -0.494 e. The maximum absolute atomic E-state index is 15.2. The van der Waals surface area contributed by atoms with Crippen LogP contribution in [0.15, 0.2) is 48.8 Å². The molecule has 3 aromatic heterocycles. The smallest absolute Gasteiger partial charge is 0.407 e. The van der Waals surface area contributed by atoms with Gasteiger partial charge in [0, 0.05) is 69.3 Å². The molecule has 1 saturated carbocycles. The van der Waals surface area contributed by atoms with Gasteiger partial charge in [-0.1, -0.05) is 18.2 Å². The molecule has 5 aromatic rings. The molecule has 2 atom stereocenters. The minimum absolute atomic E-state index is 0.0850. The summed E-state index contributed by atoms with van der Waals surface area (Å²) in [6.45, 7) is 9.80. The number of hydrogen-bond donors (Lipinski definition) is 1. The van der Waals surface area contributed by atoms with Crippen LogP contribution in [0.25, 0.3) is 33.5 Å². The van der Waals surface area contributed by atoms with Gasteiger partial charge in [-0.2, -0.15) is 5.10 Å². The van der Waals surface area contributed by atoms with E-state index in [9.17, 15) is 14.4 Å². The zero-order chi connectivity index (χ0) is 40.2. The highest BCUT2D eigenvalue weighted by Crippen LogP contribution is 2.42. The normalized spacial score (nSPS) is 19.4. The number of alkyl halides is 1. The molecule has 5 heterocycles. The third-order valence-electron chi connectivity index (χ3n) is 11.5. The summed E-state index contributed by atoms with van der Waals surface area (Å²) < 4.78 is 33.0. The van der Waals surface area contributed by atoms with E-state index in [0.29, 0.717) is 35.2 Å². The molecule has 8 rings (SSSR count). The lowest BCUT2D eigenvalue weighted by Crippen LogP contribution is -2.54. The molecule has 0 unspecified atom stereocenters. The highest BCUT2D eigenvalue weighted by Gasteiger charge is 2.34. The van der Waals surface area contributed by atoms with E-state index in [4.69, 9.17) is 14.5 Å². The SMILES string of the molecule is COc1cc(C(=O)N2C[C@H](F)C[C@@H](NC(=O)OC(C)(C)C)C2)cc2nc(-c3cc4cccc(C5CCN(C(C)=O)CC5)c4n3CC3CC3)n(Cc3cnn(C)c3)c12. The van der Waals surface area contributed by atoms with Crippen molar-refractivity contribution in [1.29, 1.82) is 0 Å². The second-order valence-electron chi connectivity index (χ2n) is 17.1. The number of carbonyl (C=O) groups is 3. The third-order valence-corrected chi connectivity index (χ3v) is 11.5. The Bertz CT molecular complexity index is 2330. The standard InChI is InChI=1S/C43H53FN8O5/c1-26(53)49-14-12-29(13-15-49)34-9-7-8-30-17-36(51(38(30)34)22-27-10-11-27)40-47-35-16-31(18-37(56-6)39(35)52(40)23-28-20-45-48(5)21-28)41(54)50-24-32(44)19-33(25-50)46-42(55)57-43(2,3)4/h7-9,16-18,20-21,27,29,32-33H,10-15,19,22-25H2,1-6H3,(H,46,55)/t32-,33-/m1/s1. The average Bonchev–Trinajstić information content (AvgIpc) is 3.61. The number of rotatable bonds is 9. The molecule has 0 radical (unpaired) electrons. The summed E-state index contributed by atoms with van der Waals surface area (Å²) in [5, 5.41) is 8.34. The number of aromatic nitrogens is 5. The van der Waals surface area contributed by atoms with Crippen LogP contribution in [0.1, 0.15) is 87.2 Å². The Morgan fingerprint density at radius 2 is 1.75 bits per heavy atom. The maximum Gasteiger partial charge on any atom is 0.407 e. The van der Waals surface area contributed by atoms with Crippen molar-refractivity contribution in [3.05, 3.63) is 65.5 Å². The molecule has 2 aliphatic heterocycles. The Morgan fingerprint density at radius 1 is 0.982 bits per heavy atom. The lowest BCUT2D eigenvalue weighted by molar-refractivity contribution is -0.129. The fraction of sp³-hybridized carbons (Fsp3) is 0.512. The molecular weight excluding hydrogens is 728 g/mol. The molecule has 0 bridgehead atoms. The monoisotopic (exact) mass is 780 g/mol. The second kappa shape index (κ2) is 15.2. The molecule has 14 heteroatoms. The number of methoxy groups -OCH3 is 1. The van der Waals surface area contributed by atoms with Crippen molar-refractivity contribution in [3.63, 3.8) is 0 Å². The van der Waals surface area contributed by atoms with Crippen LogP contribution in [0.3, 0.4) is 0 Å². The summed E-state index contributed by atoms with van der Waals surface area (Å²) >= 11 is 0. The first-order valence-electron chi connectivity index (χ1n) is 20.1. The lowest BCUT2D eigenvalue weighted by Gasteiger charge is -2.35. The predicted molar refractivity (Wildman–Crippen MR) is 215 cm³/mol. The van der Waals surface area contributed by atoms with E-state index in [1.807, 2.05) is 24.3 Å². The summed E-state index contributed by atoms with van der Waals surface area (Å²) in [5.74, 6) is 1.86. The number of benzene rings is 2. The largest absolute Gasteiger partial charge is 0.494 e. The number of nitrogens with zero attached hydrogens (tertiary/aromatic N) is 7. The predicted octanol–water partition coefficient (Wildman–Crippen LogP) is 6.66. The Balaban J connectivity index is 1.21. The Hall–Kier alpha value is -5.40. The number of nitrogens with one attached hydrogen (secondary N) is 1. The zero-order valence-electron chi connectivity index (χ0n) is 33.8. The van der Waals surface area contributed by atoms with E-state index < -0.39 is 23.9 Å². The van der Waals surface area contributed by atoms with Crippen molar-refractivity contribution < 1.29 is 28.2 Å². The molecule has 13 nitrogen and oxygen atoms in total. The van der Waals surface area contributed by atoms with Gasteiger partial charge < -0.3 is 33.7 Å². The fourth-order valence-electron chi connectivity index (χ4n) is 8.68. The summed E-state index contributed by atoms with van der Waals surface area (Å²) in [7, 11) is 3.47. The summed E-state index contributed by atoms with van der Waals surface area (Å²) in [6.07, 6.45) is 6.12. The number of hydrogen-bond acceptors (Lipinski definition) is 7. The van der Waals surface area contributed by atoms with Gasteiger partial charge in [0.1, 0.15) is 23.0 Å². The number of amides is 3. The zero-order valence-corrected chi connectivity index (χ0v) is 33.8. The molecule has 57 heavy (non-hydrogen) atoms. The highest BCUT2D eigenvalue weighted by molar-refractivity contribution is 6.00. The Morgan fingerprint density at radius 3 is 2.42 bits per heavy atom. The first-order chi connectivity index (χ1) is 27.2. The molecule has 302 valence electrons. The van der Waals surface area contributed by atoms with Crippen LogP contribution in [0.2, 0.25) is 0 Å². The number of imidazole rings is 1. The van der Waals surface area contributed by atoms with Crippen LogP contribution in [0.4, 0.5) is 9.18 Å². The number of likely N-dealkylation sites (tertiary alicyclic amines) is 2. The molecular formula is C43H53FN8O5. The van der Waals surface area contributed by atoms with Gasteiger partial charge in [-0.25, -0.2) is 14.2 Å². The maximum atomic E-state index is 15.2. The summed E-state index contributed by atoms with van der Waals surface area (Å²) in [4.78, 5) is 47.6. The average molecular weight is 781 g/mol. The molecule has 3 fully saturated rings. The molecule has 3 aliphatic rings. The molecule has 2 saturated heterocycles. The first kappa shape index (κ1) is 38.5. The van der Waals surface area contributed by atoms with Crippen molar-refractivity contribution in [1.82, 2.24) is 39.0 Å². The van der Waals surface area contributed by atoms with Crippen LogP contribution < -0.4 is 10.1 Å². The number of aryl methyl sites for hydroxylation is 1. The first-order valence-corrected chi connectivity index (χ1v) is 20.1. The molecule has 0 spiro atoms. The van der Waals surface area contributed by atoms with Gasteiger partial charge >= 0.3 is 6.09 Å². The van der Waals surface area contributed by atoms with Crippen LogP contribution in [0, 0.1) is 5.92 Å². The lowest BCUT2D eigenvalue weighted by atomic mass is 9.88. The van der Waals surface area contributed by atoms with Gasteiger partial charge in [-0.3, -0.25) is 14.3 Å². The molecule has 1 N–H and O–H groups in total. The van der Waals surface area contributed by atoms with E-state index in [-0.39, 0.29) is 31.3 Å². The number of carbonyl (C=O) groups excluding carboxylic acids is 3. The van der Waals surface area contributed by atoms with Gasteiger partial charge in [-0.05, 0) is 82.1 Å². The quantitative estimate of drug-likeness (QED) is 0.177. The number of halogens is 1. The van der Waals surface area contributed by atoms with Gasteiger partial charge in [0.2, 0.25) is 5.91 Å². The number of alkyl carbamates (subject to hydrolysis) is 1. The minimum atomic E-state index is -1.32. The van der Waals surface area contributed by atoms with Crippen LogP contribution in [0.5, 0.6) is 5.75 Å². The summed E-state index contributed by atoms with van der Waals surface area (Å²) in [6, 6.07) is 11.7. The van der Waals surface area contributed by atoms with Crippen molar-refractivity contribution in [3.8, 4) is 17.3 Å². The fourth-order valence-corrected chi connectivity index (χ4v) is 8.68. The van der Waals surface area contributed by atoms with E-state index >= 15 is 4.39 Å². The van der Waals surface area contributed by atoms with Gasteiger partial charge in [0.05, 0.1) is 49.2 Å². The van der Waals surface area contributed by atoms with Crippen molar-refractivity contribution >= 4 is 39.8 Å². The Labute approximate surface area is 332 Å². The highest BCUT2D eigenvalue weighted by atomic mass is 19.1. The molecule has 1 aliphatic carbocycles. The van der Waals surface area contributed by atoms with Crippen molar-refractivity contribution in [2.45, 2.75) is 96.6 Å². The number of fused-ring (bicyclic) bond motifs is 2. The molecule has 3 amide bonds. The van der Waals surface area contributed by atoms with Crippen molar-refractivity contribution in [2.75, 3.05) is 33.3 Å². The van der Waals surface area contributed by atoms with Gasteiger partial charge in [0.15, 0.2) is 5.82 Å². The van der Waals surface area contributed by atoms with E-state index in [2.05, 4.69) is 43.8 Å². The van der Waals surface area contributed by atoms with Gasteiger partial charge in [-0.15, -0.1) is 0 Å². The van der Waals surface area contributed by atoms with E-state index in [0.717, 1.165) is 60.5 Å². The van der Waals surface area contributed by atoms with Crippen LogP contribution in [-0.4, -0.2) is 103 Å². The summed E-state index contributed by atoms with van der Waals surface area (Å²) in [5.41, 5.74) is 5.40. The van der Waals surface area contributed by atoms with Gasteiger partial charge in [0.25, 0.3) is 5.91 Å². The number of ether oxygens (including phenoxy) is 2. The topological polar surface area (TPSA) is 129 Å². The van der Waals surface area contributed by atoms with Crippen LogP contribution >= 0.6 is 0 Å². The van der Waals surface area contributed by atoms with E-state index in [1.165, 1.54) is 28.8 Å². The molecule has 2 aromatic carbocycles. The number of para-hydroxylation sites is 1. The van der Waals surface area contributed by atoms with E-state index in [1.54, 1.807) is 51.6 Å². The number of piperidine rings is 2.